The fourth-order valence-corrected chi connectivity index (χ4v) is 2.96. The SMILES string of the molecule is Cc1cc(NC(=O)NC(C)c2ncnn2-c2ncccn2)c(Cl)cc1Br. The van der Waals surface area contributed by atoms with E-state index in [0.29, 0.717) is 22.5 Å². The molecule has 0 bridgehead atoms. The number of rotatable bonds is 4. The summed E-state index contributed by atoms with van der Waals surface area (Å²) >= 11 is 9.57. The lowest BCUT2D eigenvalue weighted by Crippen LogP contribution is -2.32. The molecule has 0 fully saturated rings. The first-order valence-corrected chi connectivity index (χ1v) is 8.83. The summed E-state index contributed by atoms with van der Waals surface area (Å²) < 4.78 is 2.35. The lowest BCUT2D eigenvalue weighted by atomic mass is 10.2. The summed E-state index contributed by atoms with van der Waals surface area (Å²) in [4.78, 5) is 24.8. The largest absolute Gasteiger partial charge is 0.328 e. The van der Waals surface area contributed by atoms with E-state index in [0.717, 1.165) is 10.0 Å². The number of anilines is 1. The molecule has 1 aromatic carbocycles. The van der Waals surface area contributed by atoms with E-state index in [1.807, 2.05) is 6.92 Å². The molecule has 2 amide bonds. The normalized spacial score (nSPS) is 11.8. The quantitative estimate of drug-likeness (QED) is 0.650. The molecule has 2 N–H and O–H groups in total. The number of urea groups is 1. The zero-order valence-corrected chi connectivity index (χ0v) is 16.3. The molecule has 3 rings (SSSR count). The minimum Gasteiger partial charge on any atom is -0.328 e. The van der Waals surface area contributed by atoms with Gasteiger partial charge in [-0.15, -0.1) is 0 Å². The Balaban J connectivity index is 1.73. The number of nitrogens with zero attached hydrogens (tertiary/aromatic N) is 5. The average Bonchev–Trinajstić information content (AvgIpc) is 3.10. The summed E-state index contributed by atoms with van der Waals surface area (Å²) in [6, 6.07) is 4.39. The minimum atomic E-state index is -0.434. The Hall–Kier alpha value is -2.52. The summed E-state index contributed by atoms with van der Waals surface area (Å²) in [5.41, 5.74) is 1.48. The number of carbonyl (C=O) groups excluding carboxylic acids is 1. The van der Waals surface area contributed by atoms with Crippen LogP contribution in [0.15, 0.2) is 41.4 Å². The molecule has 0 aliphatic carbocycles. The first-order valence-electron chi connectivity index (χ1n) is 7.66. The minimum absolute atomic E-state index is 0.376. The zero-order chi connectivity index (χ0) is 18.7. The van der Waals surface area contributed by atoms with Gasteiger partial charge in [-0.1, -0.05) is 27.5 Å². The predicted octanol–water partition coefficient (Wildman–Crippen LogP) is 3.66. The molecule has 0 radical (unpaired) electrons. The van der Waals surface area contributed by atoms with Crippen molar-refractivity contribution in [3.63, 3.8) is 0 Å². The van der Waals surface area contributed by atoms with Gasteiger partial charge < -0.3 is 10.6 Å². The van der Waals surface area contributed by atoms with Crippen molar-refractivity contribution in [2.45, 2.75) is 19.9 Å². The Bertz CT molecular complexity index is 932. The number of halogens is 2. The van der Waals surface area contributed by atoms with Crippen molar-refractivity contribution in [2.24, 2.45) is 0 Å². The van der Waals surface area contributed by atoms with Crippen molar-refractivity contribution < 1.29 is 4.79 Å². The van der Waals surface area contributed by atoms with Gasteiger partial charge in [-0.05, 0) is 37.6 Å². The molecule has 2 aromatic heterocycles. The highest BCUT2D eigenvalue weighted by molar-refractivity contribution is 9.10. The third kappa shape index (κ3) is 4.00. The molecular weight excluding hydrogens is 422 g/mol. The van der Waals surface area contributed by atoms with Crippen molar-refractivity contribution in [2.75, 3.05) is 5.32 Å². The third-order valence-electron chi connectivity index (χ3n) is 3.55. The van der Waals surface area contributed by atoms with Gasteiger partial charge in [-0.2, -0.15) is 9.78 Å². The molecule has 8 nitrogen and oxygen atoms in total. The second-order valence-corrected chi connectivity index (χ2v) is 6.74. The summed E-state index contributed by atoms with van der Waals surface area (Å²) in [5, 5.41) is 10.1. The fraction of sp³-hybridized carbons (Fsp3) is 0.188. The number of aryl methyl sites for hydroxylation is 1. The summed E-state index contributed by atoms with van der Waals surface area (Å²) in [6.45, 7) is 3.70. The second kappa shape index (κ2) is 7.79. The Kier molecular flexibility index (Phi) is 5.48. The molecule has 0 saturated carbocycles. The van der Waals surface area contributed by atoms with Gasteiger partial charge in [0.1, 0.15) is 6.33 Å². The maximum atomic E-state index is 12.3. The predicted molar refractivity (Wildman–Crippen MR) is 101 cm³/mol. The molecule has 26 heavy (non-hydrogen) atoms. The third-order valence-corrected chi connectivity index (χ3v) is 4.71. The van der Waals surface area contributed by atoms with E-state index >= 15 is 0 Å². The van der Waals surface area contributed by atoms with Crippen LogP contribution in [0.1, 0.15) is 24.4 Å². The average molecular weight is 437 g/mol. The van der Waals surface area contributed by atoms with Crippen LogP contribution in [-0.2, 0) is 0 Å². The maximum absolute atomic E-state index is 12.3. The Morgan fingerprint density at radius 3 is 2.73 bits per heavy atom. The van der Waals surface area contributed by atoms with E-state index in [1.165, 1.54) is 11.0 Å². The van der Waals surface area contributed by atoms with Crippen molar-refractivity contribution >= 4 is 39.2 Å². The van der Waals surface area contributed by atoms with E-state index in [9.17, 15) is 4.79 Å². The van der Waals surface area contributed by atoms with Crippen LogP contribution in [0.2, 0.25) is 5.02 Å². The number of aromatic nitrogens is 5. The monoisotopic (exact) mass is 435 g/mol. The van der Waals surface area contributed by atoms with Gasteiger partial charge in [0.25, 0.3) is 5.95 Å². The van der Waals surface area contributed by atoms with Gasteiger partial charge in [0.05, 0.1) is 16.8 Å². The van der Waals surface area contributed by atoms with E-state index < -0.39 is 12.1 Å². The Morgan fingerprint density at radius 1 is 1.27 bits per heavy atom. The molecule has 10 heteroatoms. The van der Waals surface area contributed by atoms with Crippen LogP contribution in [0.4, 0.5) is 10.5 Å². The zero-order valence-electron chi connectivity index (χ0n) is 13.9. The molecule has 0 aliphatic heterocycles. The standard InChI is InChI=1S/C16H15BrClN7O/c1-9-6-13(12(18)7-11(9)17)24-16(26)23-10(2)14-21-8-22-25(14)15-19-4-3-5-20-15/h3-8,10H,1-2H3,(H2,23,24,26). The molecule has 134 valence electrons. The van der Waals surface area contributed by atoms with Crippen LogP contribution in [0.3, 0.4) is 0 Å². The lowest BCUT2D eigenvalue weighted by Gasteiger charge is -2.15. The molecular formula is C16H15BrClN7O. The molecule has 1 unspecified atom stereocenters. The van der Waals surface area contributed by atoms with Crippen LogP contribution >= 0.6 is 27.5 Å². The number of hydrogen-bond donors (Lipinski definition) is 2. The number of amides is 2. The van der Waals surface area contributed by atoms with Gasteiger partial charge in [0, 0.05) is 16.9 Å². The van der Waals surface area contributed by atoms with Gasteiger partial charge in [-0.25, -0.2) is 19.7 Å². The van der Waals surface area contributed by atoms with Crippen LogP contribution < -0.4 is 10.6 Å². The van der Waals surface area contributed by atoms with Crippen LogP contribution in [0, 0.1) is 6.92 Å². The molecule has 3 aromatic rings. The number of benzene rings is 1. The highest BCUT2D eigenvalue weighted by Gasteiger charge is 2.18. The Labute approximate surface area is 163 Å². The van der Waals surface area contributed by atoms with Crippen LogP contribution in [0.25, 0.3) is 5.95 Å². The maximum Gasteiger partial charge on any atom is 0.319 e. The van der Waals surface area contributed by atoms with Gasteiger partial charge in [0.15, 0.2) is 5.82 Å². The molecule has 0 aliphatic rings. The van der Waals surface area contributed by atoms with Crippen LogP contribution in [0.5, 0.6) is 0 Å². The first kappa shape index (κ1) is 18.3. The second-order valence-electron chi connectivity index (χ2n) is 5.48. The highest BCUT2D eigenvalue weighted by Crippen LogP contribution is 2.29. The topological polar surface area (TPSA) is 97.6 Å². The lowest BCUT2D eigenvalue weighted by molar-refractivity contribution is 0.248. The van der Waals surface area contributed by atoms with Crippen LogP contribution in [-0.4, -0.2) is 30.8 Å². The molecule has 0 saturated heterocycles. The van der Waals surface area contributed by atoms with Crippen molar-refractivity contribution in [3.05, 3.63) is 57.8 Å². The number of carbonyl (C=O) groups is 1. The van der Waals surface area contributed by atoms with E-state index in [4.69, 9.17) is 11.6 Å². The molecule has 0 spiro atoms. The number of hydrogen-bond acceptors (Lipinski definition) is 5. The van der Waals surface area contributed by atoms with Gasteiger partial charge >= 0.3 is 6.03 Å². The van der Waals surface area contributed by atoms with Crippen molar-refractivity contribution in [3.8, 4) is 5.95 Å². The Morgan fingerprint density at radius 2 is 2.00 bits per heavy atom. The smallest absolute Gasteiger partial charge is 0.319 e. The van der Waals surface area contributed by atoms with E-state index in [-0.39, 0.29) is 0 Å². The fourth-order valence-electron chi connectivity index (χ4n) is 2.27. The first-order chi connectivity index (χ1) is 12.5. The van der Waals surface area contributed by atoms with Crippen molar-refractivity contribution in [1.29, 1.82) is 0 Å². The van der Waals surface area contributed by atoms with E-state index in [2.05, 4.69) is 46.6 Å². The van der Waals surface area contributed by atoms with Crippen molar-refractivity contribution in [1.82, 2.24) is 30.0 Å². The van der Waals surface area contributed by atoms with E-state index in [1.54, 1.807) is 37.5 Å². The summed E-state index contributed by atoms with van der Waals surface area (Å²) in [5.74, 6) is 0.880. The van der Waals surface area contributed by atoms with Gasteiger partial charge in [-0.3, -0.25) is 0 Å². The molecule has 1 atom stereocenters. The molecule has 2 heterocycles. The van der Waals surface area contributed by atoms with Gasteiger partial charge in [0.2, 0.25) is 0 Å². The number of nitrogens with one attached hydrogen (secondary N) is 2. The summed E-state index contributed by atoms with van der Waals surface area (Å²) in [6.07, 6.45) is 4.60. The highest BCUT2D eigenvalue weighted by atomic mass is 79.9. The summed E-state index contributed by atoms with van der Waals surface area (Å²) in [7, 11) is 0.